The maximum atomic E-state index is 11.4. The van der Waals surface area contributed by atoms with E-state index in [-0.39, 0.29) is 10.6 Å². The van der Waals surface area contributed by atoms with Gasteiger partial charge in [0.2, 0.25) is 0 Å². The zero-order valence-electron chi connectivity index (χ0n) is 10.2. The van der Waals surface area contributed by atoms with Crippen LogP contribution in [-0.2, 0) is 0 Å². The number of nitrogens with one attached hydrogen (secondary N) is 2. The van der Waals surface area contributed by atoms with Crippen molar-refractivity contribution in [3.63, 3.8) is 0 Å². The van der Waals surface area contributed by atoms with Crippen LogP contribution in [0, 0.1) is 0 Å². The van der Waals surface area contributed by atoms with E-state index >= 15 is 0 Å². The predicted octanol–water partition coefficient (Wildman–Crippen LogP) is 3.29. The van der Waals surface area contributed by atoms with E-state index in [0.29, 0.717) is 11.7 Å². The van der Waals surface area contributed by atoms with Crippen molar-refractivity contribution in [1.82, 2.24) is 9.97 Å². The van der Waals surface area contributed by atoms with Crippen LogP contribution in [0.25, 0.3) is 0 Å². The van der Waals surface area contributed by atoms with Gasteiger partial charge >= 0.3 is 0 Å². The summed E-state index contributed by atoms with van der Waals surface area (Å²) in [6.45, 7) is 4.21. The van der Waals surface area contributed by atoms with Crippen LogP contribution in [0.4, 0.5) is 11.5 Å². The molecular formula is C13H14ClN3O. The zero-order chi connectivity index (χ0) is 13.1. The van der Waals surface area contributed by atoms with Gasteiger partial charge in [0.15, 0.2) is 5.82 Å². The number of aromatic nitrogens is 2. The fourth-order valence-electron chi connectivity index (χ4n) is 1.71. The molecule has 0 saturated carbocycles. The lowest BCUT2D eigenvalue weighted by Crippen LogP contribution is -2.10. The molecule has 2 rings (SSSR count). The first-order chi connectivity index (χ1) is 8.59. The summed E-state index contributed by atoms with van der Waals surface area (Å²) in [6, 6.07) is 7.88. The molecule has 0 fully saturated rings. The second-order valence-corrected chi connectivity index (χ2v) is 4.64. The molecular weight excluding hydrogens is 250 g/mol. The minimum Gasteiger partial charge on any atom is -0.339 e. The van der Waals surface area contributed by atoms with Crippen LogP contribution in [-0.4, -0.2) is 9.97 Å². The monoisotopic (exact) mass is 263 g/mol. The number of aromatic amines is 1. The second-order valence-electron chi connectivity index (χ2n) is 4.26. The van der Waals surface area contributed by atoms with Crippen molar-refractivity contribution in [2.75, 3.05) is 5.32 Å². The molecule has 0 atom stereocenters. The fourth-order valence-corrected chi connectivity index (χ4v) is 1.86. The summed E-state index contributed by atoms with van der Waals surface area (Å²) in [5.41, 5.74) is 1.71. The molecule has 0 bridgehead atoms. The fraction of sp³-hybridized carbons (Fsp3) is 0.231. The van der Waals surface area contributed by atoms with Gasteiger partial charge in [0.25, 0.3) is 5.56 Å². The molecule has 2 N–H and O–H groups in total. The summed E-state index contributed by atoms with van der Waals surface area (Å²) in [7, 11) is 0. The van der Waals surface area contributed by atoms with Crippen LogP contribution in [0.15, 0.2) is 35.4 Å². The van der Waals surface area contributed by atoms with Gasteiger partial charge in [0, 0.05) is 5.69 Å². The molecule has 1 heterocycles. The Hall–Kier alpha value is -1.81. The highest BCUT2D eigenvalue weighted by Crippen LogP contribution is 2.27. The summed E-state index contributed by atoms with van der Waals surface area (Å²) in [4.78, 5) is 17.8. The average Bonchev–Trinajstić information content (AvgIpc) is 2.35. The molecule has 0 radical (unpaired) electrons. The van der Waals surface area contributed by atoms with E-state index < -0.39 is 0 Å². The van der Waals surface area contributed by atoms with Crippen LogP contribution < -0.4 is 10.9 Å². The van der Waals surface area contributed by atoms with Crippen molar-refractivity contribution in [3.05, 3.63) is 51.5 Å². The largest absolute Gasteiger partial charge is 0.339 e. The van der Waals surface area contributed by atoms with Crippen molar-refractivity contribution >= 4 is 23.1 Å². The molecule has 94 valence electrons. The molecule has 0 unspecified atom stereocenters. The number of H-pyrrole nitrogens is 1. The molecule has 0 spiro atoms. The topological polar surface area (TPSA) is 57.8 Å². The minimum absolute atomic E-state index is 0.0658. The number of nitrogens with zero attached hydrogens (tertiary/aromatic N) is 1. The first-order valence-corrected chi connectivity index (χ1v) is 6.06. The lowest BCUT2D eigenvalue weighted by Gasteiger charge is -2.14. The normalized spacial score (nSPS) is 10.7. The Morgan fingerprint density at radius 1 is 1.33 bits per heavy atom. The number of benzene rings is 1. The molecule has 5 heteroatoms. The molecule has 4 nitrogen and oxygen atoms in total. The third kappa shape index (κ3) is 2.54. The summed E-state index contributed by atoms with van der Waals surface area (Å²) in [6.07, 6.45) is 1.33. The Kier molecular flexibility index (Phi) is 3.67. The van der Waals surface area contributed by atoms with Crippen LogP contribution >= 0.6 is 11.6 Å². The zero-order valence-corrected chi connectivity index (χ0v) is 11.0. The van der Waals surface area contributed by atoms with Crippen LogP contribution in [0.2, 0.25) is 5.02 Å². The van der Waals surface area contributed by atoms with Gasteiger partial charge in [-0.2, -0.15) is 0 Å². The van der Waals surface area contributed by atoms with E-state index in [1.54, 1.807) is 0 Å². The Bertz CT molecular complexity index is 607. The van der Waals surface area contributed by atoms with Gasteiger partial charge in [-0.3, -0.25) is 4.79 Å². The molecule has 1 aromatic carbocycles. The summed E-state index contributed by atoms with van der Waals surface area (Å²) < 4.78 is 0. The van der Waals surface area contributed by atoms with Crippen LogP contribution in [0.1, 0.15) is 25.3 Å². The third-order valence-electron chi connectivity index (χ3n) is 2.63. The Morgan fingerprint density at radius 2 is 2.06 bits per heavy atom. The van der Waals surface area contributed by atoms with Gasteiger partial charge in [-0.1, -0.05) is 43.6 Å². The van der Waals surface area contributed by atoms with Crippen molar-refractivity contribution in [1.29, 1.82) is 0 Å². The Morgan fingerprint density at radius 3 is 2.78 bits per heavy atom. The number of para-hydroxylation sites is 1. The van der Waals surface area contributed by atoms with Crippen molar-refractivity contribution < 1.29 is 0 Å². The van der Waals surface area contributed by atoms with Gasteiger partial charge in [-0.15, -0.1) is 0 Å². The van der Waals surface area contributed by atoms with Gasteiger partial charge in [0.05, 0.1) is 6.33 Å². The molecule has 0 amide bonds. The Balaban J connectivity index is 2.40. The summed E-state index contributed by atoms with van der Waals surface area (Å²) >= 11 is 5.91. The SMILES string of the molecule is CC(C)c1ccccc1Nc1nc[nH]c(=O)c1Cl. The highest BCUT2D eigenvalue weighted by atomic mass is 35.5. The predicted molar refractivity (Wildman–Crippen MR) is 73.7 cm³/mol. The first kappa shape index (κ1) is 12.6. The van der Waals surface area contributed by atoms with Gasteiger partial charge < -0.3 is 10.3 Å². The van der Waals surface area contributed by atoms with Crippen molar-refractivity contribution in [2.24, 2.45) is 0 Å². The van der Waals surface area contributed by atoms with E-state index in [4.69, 9.17) is 11.6 Å². The minimum atomic E-state index is -0.351. The molecule has 0 saturated heterocycles. The highest BCUT2D eigenvalue weighted by molar-refractivity contribution is 6.32. The number of halogens is 1. The van der Waals surface area contributed by atoms with E-state index in [1.165, 1.54) is 6.33 Å². The van der Waals surface area contributed by atoms with E-state index in [9.17, 15) is 4.79 Å². The van der Waals surface area contributed by atoms with E-state index in [1.807, 2.05) is 24.3 Å². The summed E-state index contributed by atoms with van der Waals surface area (Å²) in [5, 5.41) is 3.17. The molecule has 2 aromatic rings. The van der Waals surface area contributed by atoms with Crippen LogP contribution in [0.5, 0.6) is 0 Å². The molecule has 1 aromatic heterocycles. The standard InChI is InChI=1S/C13H14ClN3O/c1-8(2)9-5-3-4-6-10(9)17-12-11(14)13(18)16-7-15-12/h3-8H,1-2H3,(H2,15,16,17,18). The van der Waals surface area contributed by atoms with Crippen molar-refractivity contribution in [2.45, 2.75) is 19.8 Å². The van der Waals surface area contributed by atoms with Gasteiger partial charge in [-0.05, 0) is 17.5 Å². The first-order valence-electron chi connectivity index (χ1n) is 5.68. The highest BCUT2D eigenvalue weighted by Gasteiger charge is 2.10. The lowest BCUT2D eigenvalue weighted by molar-refractivity contribution is 0.869. The third-order valence-corrected chi connectivity index (χ3v) is 2.98. The molecule has 0 aliphatic carbocycles. The van der Waals surface area contributed by atoms with E-state index in [2.05, 4.69) is 29.1 Å². The quantitative estimate of drug-likeness (QED) is 0.893. The molecule has 0 aliphatic rings. The lowest BCUT2D eigenvalue weighted by atomic mass is 10.0. The number of hydrogen-bond acceptors (Lipinski definition) is 3. The molecule has 0 aliphatic heterocycles. The number of rotatable bonds is 3. The van der Waals surface area contributed by atoms with Gasteiger partial charge in [0.1, 0.15) is 5.02 Å². The number of hydrogen-bond donors (Lipinski definition) is 2. The second kappa shape index (κ2) is 5.23. The van der Waals surface area contributed by atoms with E-state index in [0.717, 1.165) is 11.3 Å². The molecule has 18 heavy (non-hydrogen) atoms. The Labute approximate surface area is 110 Å². The van der Waals surface area contributed by atoms with Crippen molar-refractivity contribution in [3.8, 4) is 0 Å². The number of anilines is 2. The maximum absolute atomic E-state index is 11.4. The average molecular weight is 264 g/mol. The van der Waals surface area contributed by atoms with Gasteiger partial charge in [-0.25, -0.2) is 4.98 Å². The summed E-state index contributed by atoms with van der Waals surface area (Å²) in [5.74, 6) is 0.739. The van der Waals surface area contributed by atoms with Crippen LogP contribution in [0.3, 0.4) is 0 Å². The smallest absolute Gasteiger partial charge is 0.271 e. The maximum Gasteiger partial charge on any atom is 0.271 e.